The first-order valence-corrected chi connectivity index (χ1v) is 5.57. The van der Waals surface area contributed by atoms with E-state index in [1.54, 1.807) is 4.68 Å². The van der Waals surface area contributed by atoms with E-state index < -0.39 is 0 Å². The molecule has 0 aromatic carbocycles. The summed E-state index contributed by atoms with van der Waals surface area (Å²) in [5, 5.41) is 15.1. The average molecular weight is 226 g/mol. The fraction of sp³-hybridized carbons (Fsp3) is 0.700. The standard InChI is InChI=1S/C10H18N4O2/c15-4-1-14-9-10(8-12-14)7-11-13-2-5-16-6-3-13/h8-9,11,15H,1-7H2. The van der Waals surface area contributed by atoms with Crippen LogP contribution in [-0.2, 0) is 17.8 Å². The summed E-state index contributed by atoms with van der Waals surface area (Å²) in [5.41, 5.74) is 4.46. The van der Waals surface area contributed by atoms with Crippen LogP contribution in [0.25, 0.3) is 0 Å². The molecule has 0 aliphatic carbocycles. The minimum Gasteiger partial charge on any atom is -0.394 e. The Bertz CT molecular complexity index is 310. The highest BCUT2D eigenvalue weighted by molar-refractivity contribution is 5.02. The Kier molecular flexibility index (Phi) is 4.29. The molecule has 2 heterocycles. The minimum atomic E-state index is 0.123. The van der Waals surface area contributed by atoms with Gasteiger partial charge in [-0.25, -0.2) is 5.01 Å². The summed E-state index contributed by atoms with van der Waals surface area (Å²) in [6, 6.07) is 0. The van der Waals surface area contributed by atoms with Crippen molar-refractivity contribution in [3.8, 4) is 0 Å². The summed E-state index contributed by atoms with van der Waals surface area (Å²) in [4.78, 5) is 0. The second-order valence-electron chi connectivity index (χ2n) is 3.77. The van der Waals surface area contributed by atoms with Gasteiger partial charge in [0.25, 0.3) is 0 Å². The van der Waals surface area contributed by atoms with E-state index in [4.69, 9.17) is 9.84 Å². The fourth-order valence-corrected chi connectivity index (χ4v) is 1.65. The molecular weight excluding hydrogens is 208 g/mol. The van der Waals surface area contributed by atoms with Crippen molar-refractivity contribution in [1.29, 1.82) is 0 Å². The number of aromatic nitrogens is 2. The van der Waals surface area contributed by atoms with E-state index in [1.165, 1.54) is 0 Å². The topological polar surface area (TPSA) is 62.5 Å². The number of nitrogens with one attached hydrogen (secondary N) is 1. The average Bonchev–Trinajstić information content (AvgIpc) is 2.76. The maximum Gasteiger partial charge on any atom is 0.0640 e. The molecule has 1 aromatic rings. The first-order chi connectivity index (χ1) is 7.88. The lowest BCUT2D eigenvalue weighted by Gasteiger charge is -2.26. The van der Waals surface area contributed by atoms with E-state index in [-0.39, 0.29) is 6.61 Å². The molecule has 16 heavy (non-hydrogen) atoms. The molecule has 0 unspecified atom stereocenters. The minimum absolute atomic E-state index is 0.123. The van der Waals surface area contributed by atoms with Crippen LogP contribution in [0.2, 0.25) is 0 Å². The molecule has 1 fully saturated rings. The number of morpholine rings is 1. The van der Waals surface area contributed by atoms with Crippen molar-refractivity contribution in [2.75, 3.05) is 32.9 Å². The first kappa shape index (κ1) is 11.5. The summed E-state index contributed by atoms with van der Waals surface area (Å²) in [6.45, 7) is 4.87. The monoisotopic (exact) mass is 226 g/mol. The van der Waals surface area contributed by atoms with Crippen LogP contribution in [0.5, 0.6) is 0 Å². The van der Waals surface area contributed by atoms with Crippen LogP contribution < -0.4 is 5.43 Å². The molecule has 1 aliphatic heterocycles. The normalized spacial score (nSPS) is 17.8. The molecule has 1 saturated heterocycles. The van der Waals surface area contributed by atoms with Gasteiger partial charge in [0.15, 0.2) is 0 Å². The summed E-state index contributed by atoms with van der Waals surface area (Å²) in [5.74, 6) is 0. The highest BCUT2D eigenvalue weighted by Gasteiger charge is 2.09. The largest absolute Gasteiger partial charge is 0.394 e. The van der Waals surface area contributed by atoms with E-state index in [9.17, 15) is 0 Å². The van der Waals surface area contributed by atoms with E-state index >= 15 is 0 Å². The van der Waals surface area contributed by atoms with Gasteiger partial charge in [0.1, 0.15) is 0 Å². The van der Waals surface area contributed by atoms with Gasteiger partial charge < -0.3 is 9.84 Å². The van der Waals surface area contributed by atoms with Crippen LogP contribution in [0.15, 0.2) is 12.4 Å². The van der Waals surface area contributed by atoms with Crippen LogP contribution in [0, 0.1) is 0 Å². The molecular formula is C10H18N4O2. The zero-order chi connectivity index (χ0) is 11.2. The van der Waals surface area contributed by atoms with Gasteiger partial charge in [-0.2, -0.15) is 5.10 Å². The molecule has 2 N–H and O–H groups in total. The summed E-state index contributed by atoms with van der Waals surface area (Å²) in [6.07, 6.45) is 3.77. The number of hydrazine groups is 1. The molecule has 0 spiro atoms. The molecule has 0 saturated carbocycles. The van der Waals surface area contributed by atoms with Crippen molar-refractivity contribution in [1.82, 2.24) is 20.2 Å². The van der Waals surface area contributed by atoms with Gasteiger partial charge in [0.2, 0.25) is 0 Å². The highest BCUT2D eigenvalue weighted by Crippen LogP contribution is 1.99. The van der Waals surface area contributed by atoms with Crippen LogP contribution >= 0.6 is 0 Å². The second-order valence-corrected chi connectivity index (χ2v) is 3.77. The third-order valence-corrected chi connectivity index (χ3v) is 2.53. The predicted octanol–water partition coefficient (Wildman–Crippen LogP) is -0.788. The smallest absolute Gasteiger partial charge is 0.0640 e. The first-order valence-electron chi connectivity index (χ1n) is 5.57. The summed E-state index contributed by atoms with van der Waals surface area (Å²) >= 11 is 0. The third kappa shape index (κ3) is 3.28. The van der Waals surface area contributed by atoms with Crippen molar-refractivity contribution in [2.45, 2.75) is 13.1 Å². The van der Waals surface area contributed by atoms with Crippen molar-refractivity contribution in [3.05, 3.63) is 18.0 Å². The molecule has 2 rings (SSSR count). The molecule has 6 nitrogen and oxygen atoms in total. The van der Waals surface area contributed by atoms with Crippen LogP contribution in [0.3, 0.4) is 0 Å². The third-order valence-electron chi connectivity index (χ3n) is 2.53. The molecule has 1 aliphatic rings. The molecule has 0 atom stereocenters. The Balaban J connectivity index is 1.75. The molecule has 90 valence electrons. The van der Waals surface area contributed by atoms with Crippen molar-refractivity contribution in [2.24, 2.45) is 0 Å². The van der Waals surface area contributed by atoms with E-state index in [0.29, 0.717) is 6.54 Å². The van der Waals surface area contributed by atoms with Crippen molar-refractivity contribution < 1.29 is 9.84 Å². The van der Waals surface area contributed by atoms with Gasteiger partial charge in [0.05, 0.1) is 32.6 Å². The highest BCUT2D eigenvalue weighted by atomic mass is 16.5. The quantitative estimate of drug-likeness (QED) is 0.689. The van der Waals surface area contributed by atoms with Crippen LogP contribution in [0.4, 0.5) is 0 Å². The number of hydrogen-bond donors (Lipinski definition) is 2. The van der Waals surface area contributed by atoms with Gasteiger partial charge >= 0.3 is 0 Å². The van der Waals surface area contributed by atoms with Gasteiger partial charge in [0, 0.05) is 31.4 Å². The number of ether oxygens (including phenoxy) is 1. The van der Waals surface area contributed by atoms with Crippen molar-refractivity contribution >= 4 is 0 Å². The van der Waals surface area contributed by atoms with Gasteiger partial charge in [-0.05, 0) is 0 Å². The Labute approximate surface area is 94.8 Å². The number of hydrogen-bond acceptors (Lipinski definition) is 5. The maximum atomic E-state index is 8.76. The molecule has 1 aromatic heterocycles. The van der Waals surface area contributed by atoms with Gasteiger partial charge in [-0.3, -0.25) is 10.1 Å². The van der Waals surface area contributed by atoms with Gasteiger partial charge in [-0.15, -0.1) is 0 Å². The number of rotatable bonds is 5. The molecule has 0 radical (unpaired) electrons. The van der Waals surface area contributed by atoms with Crippen LogP contribution in [-0.4, -0.2) is 52.8 Å². The summed E-state index contributed by atoms with van der Waals surface area (Å²) in [7, 11) is 0. The van der Waals surface area contributed by atoms with Crippen molar-refractivity contribution in [3.63, 3.8) is 0 Å². The molecule has 0 bridgehead atoms. The van der Waals surface area contributed by atoms with Gasteiger partial charge in [-0.1, -0.05) is 0 Å². The van der Waals surface area contributed by atoms with E-state index in [0.717, 1.165) is 38.4 Å². The number of aliphatic hydroxyl groups excluding tert-OH is 1. The summed E-state index contributed by atoms with van der Waals surface area (Å²) < 4.78 is 7.01. The zero-order valence-electron chi connectivity index (χ0n) is 9.30. The van der Waals surface area contributed by atoms with E-state index in [2.05, 4.69) is 15.5 Å². The Hall–Kier alpha value is -0.950. The van der Waals surface area contributed by atoms with Crippen LogP contribution in [0.1, 0.15) is 5.56 Å². The SMILES string of the molecule is OCCn1cc(CNN2CCOCC2)cn1. The Morgan fingerprint density at radius 3 is 3.00 bits per heavy atom. The fourth-order valence-electron chi connectivity index (χ4n) is 1.65. The molecule has 0 amide bonds. The lowest BCUT2D eigenvalue weighted by atomic mass is 10.4. The second kappa shape index (κ2) is 5.95. The zero-order valence-corrected chi connectivity index (χ0v) is 9.30. The van der Waals surface area contributed by atoms with E-state index in [1.807, 2.05) is 12.4 Å². The Morgan fingerprint density at radius 2 is 2.25 bits per heavy atom. The lowest BCUT2D eigenvalue weighted by molar-refractivity contribution is 0.0105. The predicted molar refractivity (Wildman–Crippen MR) is 58.5 cm³/mol. The number of aliphatic hydroxyl groups is 1. The number of nitrogens with zero attached hydrogens (tertiary/aromatic N) is 3. The Morgan fingerprint density at radius 1 is 1.44 bits per heavy atom. The lowest BCUT2D eigenvalue weighted by Crippen LogP contribution is -2.45. The molecule has 6 heteroatoms. The maximum absolute atomic E-state index is 8.76.